The largest absolute Gasteiger partial charge is 0.335 e. The van der Waals surface area contributed by atoms with E-state index in [2.05, 4.69) is 10.3 Å². The molecular weight excluding hydrogens is 270 g/mol. The molecule has 1 saturated heterocycles. The lowest BCUT2D eigenvalue weighted by Crippen LogP contribution is -2.46. The van der Waals surface area contributed by atoms with Gasteiger partial charge in [-0.1, -0.05) is 30.3 Å². The van der Waals surface area contributed by atoms with Crippen molar-refractivity contribution in [3.05, 3.63) is 40.9 Å². The van der Waals surface area contributed by atoms with Crippen LogP contribution in [0.4, 0.5) is 0 Å². The zero-order valence-corrected chi connectivity index (χ0v) is 12.2. The molecule has 3 rings (SSSR count). The highest BCUT2D eigenvalue weighted by molar-refractivity contribution is 7.17. The summed E-state index contributed by atoms with van der Waals surface area (Å²) < 4.78 is 0. The van der Waals surface area contributed by atoms with Crippen molar-refractivity contribution in [2.45, 2.75) is 6.92 Å². The Morgan fingerprint density at radius 3 is 2.65 bits per heavy atom. The third-order valence-electron chi connectivity index (χ3n) is 3.42. The average molecular weight is 287 g/mol. The van der Waals surface area contributed by atoms with Crippen molar-refractivity contribution in [3.8, 4) is 10.6 Å². The Labute approximate surface area is 122 Å². The van der Waals surface area contributed by atoms with Gasteiger partial charge in [0.15, 0.2) is 0 Å². The fourth-order valence-electron chi connectivity index (χ4n) is 2.31. The molecule has 104 valence electrons. The predicted molar refractivity (Wildman–Crippen MR) is 81.1 cm³/mol. The molecule has 0 saturated carbocycles. The summed E-state index contributed by atoms with van der Waals surface area (Å²) in [5, 5.41) is 4.18. The van der Waals surface area contributed by atoms with Crippen LogP contribution < -0.4 is 5.32 Å². The first-order valence-corrected chi connectivity index (χ1v) is 7.60. The Kier molecular flexibility index (Phi) is 3.80. The molecule has 20 heavy (non-hydrogen) atoms. The fraction of sp³-hybridized carbons (Fsp3) is 0.333. The summed E-state index contributed by atoms with van der Waals surface area (Å²) >= 11 is 1.49. The van der Waals surface area contributed by atoms with E-state index in [0.29, 0.717) is 0 Å². The Bertz CT molecular complexity index is 603. The van der Waals surface area contributed by atoms with Crippen LogP contribution >= 0.6 is 11.3 Å². The van der Waals surface area contributed by atoms with Crippen molar-refractivity contribution in [2.24, 2.45) is 0 Å². The third kappa shape index (κ3) is 2.59. The summed E-state index contributed by atoms with van der Waals surface area (Å²) in [4.78, 5) is 19.8. The normalized spacial score (nSPS) is 15.3. The van der Waals surface area contributed by atoms with Crippen LogP contribution in [0.25, 0.3) is 10.6 Å². The molecule has 0 bridgehead atoms. The minimum absolute atomic E-state index is 0.115. The molecule has 4 nitrogen and oxygen atoms in total. The number of carbonyl (C=O) groups is 1. The van der Waals surface area contributed by atoms with E-state index in [-0.39, 0.29) is 5.91 Å². The van der Waals surface area contributed by atoms with Crippen LogP contribution in [-0.2, 0) is 0 Å². The van der Waals surface area contributed by atoms with E-state index >= 15 is 0 Å². The Hall–Kier alpha value is -1.72. The van der Waals surface area contributed by atoms with Gasteiger partial charge >= 0.3 is 0 Å². The van der Waals surface area contributed by atoms with Crippen LogP contribution in [-0.4, -0.2) is 42.0 Å². The van der Waals surface area contributed by atoms with Gasteiger partial charge in [0, 0.05) is 31.7 Å². The van der Waals surface area contributed by atoms with Gasteiger partial charge in [-0.05, 0) is 6.92 Å². The maximum Gasteiger partial charge on any atom is 0.265 e. The number of rotatable bonds is 2. The van der Waals surface area contributed by atoms with Crippen LogP contribution in [0.1, 0.15) is 15.4 Å². The maximum atomic E-state index is 12.5. The third-order valence-corrected chi connectivity index (χ3v) is 4.61. The minimum atomic E-state index is 0.115. The molecule has 0 aliphatic carbocycles. The highest BCUT2D eigenvalue weighted by Crippen LogP contribution is 2.28. The Morgan fingerprint density at radius 1 is 1.25 bits per heavy atom. The molecule has 1 fully saturated rings. The van der Waals surface area contributed by atoms with Crippen molar-refractivity contribution >= 4 is 17.2 Å². The van der Waals surface area contributed by atoms with E-state index < -0.39 is 0 Å². The number of thiazole rings is 1. The van der Waals surface area contributed by atoms with E-state index in [1.165, 1.54) is 11.3 Å². The Morgan fingerprint density at radius 2 is 1.95 bits per heavy atom. The number of aryl methyl sites for hydroxylation is 1. The second-order valence-corrected chi connectivity index (χ2v) is 5.84. The van der Waals surface area contributed by atoms with Crippen molar-refractivity contribution in [1.29, 1.82) is 0 Å². The maximum absolute atomic E-state index is 12.5. The van der Waals surface area contributed by atoms with Gasteiger partial charge in [-0.15, -0.1) is 11.3 Å². The number of benzene rings is 1. The first-order valence-electron chi connectivity index (χ1n) is 6.78. The van der Waals surface area contributed by atoms with Gasteiger partial charge < -0.3 is 10.2 Å². The van der Waals surface area contributed by atoms with Gasteiger partial charge in [-0.25, -0.2) is 4.98 Å². The Balaban J connectivity index is 1.87. The number of hydrogen-bond acceptors (Lipinski definition) is 4. The summed E-state index contributed by atoms with van der Waals surface area (Å²) in [5.41, 5.74) is 1.90. The number of hydrogen-bond donors (Lipinski definition) is 1. The van der Waals surface area contributed by atoms with Gasteiger partial charge in [-0.3, -0.25) is 4.79 Å². The van der Waals surface area contributed by atoms with Crippen LogP contribution in [0.2, 0.25) is 0 Å². The molecule has 2 heterocycles. The number of nitrogens with zero attached hydrogens (tertiary/aromatic N) is 2. The molecule has 1 N–H and O–H groups in total. The topological polar surface area (TPSA) is 45.2 Å². The van der Waals surface area contributed by atoms with Gasteiger partial charge in [0.25, 0.3) is 5.91 Å². The first-order chi connectivity index (χ1) is 9.75. The number of nitrogens with one attached hydrogen (secondary N) is 1. The molecule has 1 aliphatic heterocycles. The quantitative estimate of drug-likeness (QED) is 0.920. The molecule has 0 atom stereocenters. The molecule has 1 aliphatic rings. The lowest BCUT2D eigenvalue weighted by atomic mass is 10.2. The van der Waals surface area contributed by atoms with Gasteiger partial charge in [0.05, 0.1) is 5.69 Å². The standard InChI is InChI=1S/C15H17N3OS/c1-11-13(15(19)18-9-7-16-8-10-18)20-14(17-11)12-5-3-2-4-6-12/h2-6,16H,7-10H2,1H3. The first kappa shape index (κ1) is 13.3. The molecule has 0 radical (unpaired) electrons. The van der Waals surface area contributed by atoms with Crippen molar-refractivity contribution in [2.75, 3.05) is 26.2 Å². The minimum Gasteiger partial charge on any atom is -0.335 e. The monoisotopic (exact) mass is 287 g/mol. The summed E-state index contributed by atoms with van der Waals surface area (Å²) in [7, 11) is 0. The summed E-state index contributed by atoms with van der Waals surface area (Å²) in [6.07, 6.45) is 0. The summed E-state index contributed by atoms with van der Waals surface area (Å²) in [6, 6.07) is 10.0. The zero-order valence-electron chi connectivity index (χ0n) is 11.4. The van der Waals surface area contributed by atoms with E-state index in [4.69, 9.17) is 0 Å². The van der Waals surface area contributed by atoms with Gasteiger partial charge in [0.2, 0.25) is 0 Å². The number of aromatic nitrogens is 1. The number of piperazine rings is 1. The fourth-order valence-corrected chi connectivity index (χ4v) is 3.35. The molecule has 1 amide bonds. The number of carbonyl (C=O) groups excluding carboxylic acids is 1. The average Bonchev–Trinajstić information content (AvgIpc) is 2.90. The van der Waals surface area contributed by atoms with Crippen LogP contribution in [0, 0.1) is 6.92 Å². The van der Waals surface area contributed by atoms with E-state index in [0.717, 1.165) is 47.3 Å². The molecule has 0 spiro atoms. The van der Waals surface area contributed by atoms with Crippen molar-refractivity contribution in [3.63, 3.8) is 0 Å². The van der Waals surface area contributed by atoms with Gasteiger partial charge in [-0.2, -0.15) is 0 Å². The van der Waals surface area contributed by atoms with Crippen molar-refractivity contribution < 1.29 is 4.79 Å². The van der Waals surface area contributed by atoms with E-state index in [1.54, 1.807) is 0 Å². The molecule has 1 aromatic carbocycles. The lowest BCUT2D eigenvalue weighted by molar-refractivity contribution is 0.0740. The highest BCUT2D eigenvalue weighted by Gasteiger charge is 2.22. The molecule has 0 unspecified atom stereocenters. The smallest absolute Gasteiger partial charge is 0.265 e. The zero-order chi connectivity index (χ0) is 13.9. The predicted octanol–water partition coefficient (Wildman–Crippen LogP) is 2.16. The van der Waals surface area contributed by atoms with Crippen LogP contribution in [0.5, 0.6) is 0 Å². The van der Waals surface area contributed by atoms with Gasteiger partial charge in [0.1, 0.15) is 9.88 Å². The SMILES string of the molecule is Cc1nc(-c2ccccc2)sc1C(=O)N1CCNCC1. The summed E-state index contributed by atoms with van der Waals surface area (Å²) in [5.74, 6) is 0.115. The lowest BCUT2D eigenvalue weighted by Gasteiger charge is -2.27. The van der Waals surface area contributed by atoms with E-state index in [9.17, 15) is 4.79 Å². The van der Waals surface area contributed by atoms with E-state index in [1.807, 2.05) is 42.2 Å². The van der Waals surface area contributed by atoms with Crippen molar-refractivity contribution in [1.82, 2.24) is 15.2 Å². The highest BCUT2D eigenvalue weighted by atomic mass is 32.1. The summed E-state index contributed by atoms with van der Waals surface area (Å²) in [6.45, 7) is 5.20. The number of amides is 1. The van der Waals surface area contributed by atoms with Crippen LogP contribution in [0.15, 0.2) is 30.3 Å². The van der Waals surface area contributed by atoms with Crippen LogP contribution in [0.3, 0.4) is 0 Å². The second kappa shape index (κ2) is 5.73. The second-order valence-electron chi connectivity index (χ2n) is 4.84. The molecule has 1 aromatic heterocycles. The molecule has 2 aromatic rings. The molecule has 5 heteroatoms. The molecular formula is C15H17N3OS.